The molecule has 2 amide bonds. The lowest BCUT2D eigenvalue weighted by Crippen LogP contribution is -2.54. The average molecular weight is 612 g/mol. The number of anilines is 1. The van der Waals surface area contributed by atoms with E-state index in [9.17, 15) is 18.0 Å². The Hall–Kier alpha value is -4.43. The number of carbonyl (C=O) groups excluding carboxylic acids is 2. The summed E-state index contributed by atoms with van der Waals surface area (Å²) in [5.41, 5.74) is 4.87. The number of amides is 2. The molecule has 0 fully saturated rings. The summed E-state index contributed by atoms with van der Waals surface area (Å²) in [4.78, 5) is 29.9. The Morgan fingerprint density at radius 2 is 1.36 bits per heavy atom. The first-order valence-electron chi connectivity index (χ1n) is 14.8. The minimum absolute atomic E-state index is 0.0807. The minimum Gasteiger partial charge on any atom is -0.352 e. The highest BCUT2D eigenvalue weighted by molar-refractivity contribution is 7.92. The first-order valence-corrected chi connectivity index (χ1v) is 16.2. The molecule has 1 atom stereocenters. The number of hydrogen-bond donors (Lipinski definition) is 1. The van der Waals surface area contributed by atoms with Crippen molar-refractivity contribution >= 4 is 27.5 Å². The second kappa shape index (κ2) is 14.4. The van der Waals surface area contributed by atoms with Gasteiger partial charge in [-0.25, -0.2) is 8.42 Å². The van der Waals surface area contributed by atoms with Gasteiger partial charge in [0, 0.05) is 19.0 Å². The number of nitrogens with zero attached hydrogens (tertiary/aromatic N) is 2. The quantitative estimate of drug-likeness (QED) is 0.214. The Balaban J connectivity index is 1.82. The van der Waals surface area contributed by atoms with Crippen LogP contribution in [0.15, 0.2) is 108 Å². The lowest BCUT2D eigenvalue weighted by atomic mass is 10.0. The van der Waals surface area contributed by atoms with Crippen LogP contribution < -0.4 is 9.62 Å². The maximum atomic E-state index is 14.5. The van der Waals surface area contributed by atoms with Crippen molar-refractivity contribution in [1.82, 2.24) is 10.2 Å². The van der Waals surface area contributed by atoms with Crippen molar-refractivity contribution in [1.29, 1.82) is 0 Å². The van der Waals surface area contributed by atoms with Gasteiger partial charge in [0.25, 0.3) is 10.0 Å². The molecule has 0 radical (unpaired) electrons. The van der Waals surface area contributed by atoms with Crippen LogP contribution in [0.5, 0.6) is 0 Å². The van der Waals surface area contributed by atoms with Crippen LogP contribution in [0.2, 0.25) is 0 Å². The molecule has 1 N–H and O–H groups in total. The summed E-state index contributed by atoms with van der Waals surface area (Å²) in [7, 11) is -4.14. The molecule has 230 valence electrons. The van der Waals surface area contributed by atoms with Gasteiger partial charge >= 0.3 is 0 Å². The number of carbonyl (C=O) groups is 2. The average Bonchev–Trinajstić information content (AvgIpc) is 3.00. The molecule has 0 saturated carbocycles. The van der Waals surface area contributed by atoms with Crippen molar-refractivity contribution in [2.45, 2.75) is 64.6 Å². The standard InChI is InChI=1S/C36H41N3O4S/c1-26(2)37-36(41)34(23-30-14-8-6-9-15-30)38(24-31-21-19-27(3)20-22-31)35(40)25-39(33-18-12-13-28(4)29(33)5)44(42,43)32-16-10-7-11-17-32/h6-22,26,34H,23-25H2,1-5H3,(H,37,41)/t34-/m1/s1. The molecule has 7 nitrogen and oxygen atoms in total. The molecule has 0 aromatic heterocycles. The molecule has 0 aliphatic heterocycles. The van der Waals surface area contributed by atoms with E-state index in [4.69, 9.17) is 0 Å². The number of rotatable bonds is 12. The fourth-order valence-electron chi connectivity index (χ4n) is 5.06. The van der Waals surface area contributed by atoms with E-state index < -0.39 is 28.5 Å². The highest BCUT2D eigenvalue weighted by Crippen LogP contribution is 2.29. The third-order valence-corrected chi connectivity index (χ3v) is 9.40. The van der Waals surface area contributed by atoms with E-state index in [1.54, 1.807) is 30.3 Å². The van der Waals surface area contributed by atoms with Crippen LogP contribution in [-0.2, 0) is 32.6 Å². The molecule has 4 aromatic rings. The molecule has 0 unspecified atom stereocenters. The normalized spacial score (nSPS) is 12.0. The molecule has 4 rings (SSSR count). The van der Waals surface area contributed by atoms with Crippen molar-refractivity contribution in [3.05, 3.63) is 131 Å². The lowest BCUT2D eigenvalue weighted by Gasteiger charge is -2.34. The molecular weight excluding hydrogens is 570 g/mol. The summed E-state index contributed by atoms with van der Waals surface area (Å²) in [5.74, 6) is -0.778. The van der Waals surface area contributed by atoms with Crippen LogP contribution in [0, 0.1) is 20.8 Å². The Bertz CT molecular complexity index is 1670. The number of benzene rings is 4. The number of sulfonamides is 1. The summed E-state index contributed by atoms with van der Waals surface area (Å²) in [6, 6.07) is 29.8. The van der Waals surface area contributed by atoms with Crippen LogP contribution in [0.3, 0.4) is 0 Å². The monoisotopic (exact) mass is 611 g/mol. The predicted octanol–water partition coefficient (Wildman–Crippen LogP) is 5.97. The van der Waals surface area contributed by atoms with Crippen LogP contribution >= 0.6 is 0 Å². The Labute approximate surface area is 261 Å². The number of hydrogen-bond acceptors (Lipinski definition) is 4. The smallest absolute Gasteiger partial charge is 0.264 e. The van der Waals surface area contributed by atoms with Gasteiger partial charge in [0.2, 0.25) is 11.8 Å². The fourth-order valence-corrected chi connectivity index (χ4v) is 6.56. The van der Waals surface area contributed by atoms with Crippen molar-refractivity contribution in [3.63, 3.8) is 0 Å². The van der Waals surface area contributed by atoms with Crippen LogP contribution in [0.1, 0.15) is 41.7 Å². The van der Waals surface area contributed by atoms with Crippen LogP contribution in [0.25, 0.3) is 0 Å². The second-order valence-electron chi connectivity index (χ2n) is 11.4. The van der Waals surface area contributed by atoms with E-state index in [2.05, 4.69) is 5.32 Å². The van der Waals surface area contributed by atoms with Gasteiger partial charge in [0.05, 0.1) is 10.6 Å². The molecule has 0 aliphatic carbocycles. The van der Waals surface area contributed by atoms with E-state index in [0.29, 0.717) is 5.69 Å². The Morgan fingerprint density at radius 3 is 1.98 bits per heavy atom. The van der Waals surface area contributed by atoms with E-state index in [1.165, 1.54) is 21.3 Å². The van der Waals surface area contributed by atoms with Crippen LogP contribution in [-0.4, -0.2) is 43.8 Å². The maximum Gasteiger partial charge on any atom is 0.264 e. The molecule has 44 heavy (non-hydrogen) atoms. The maximum absolute atomic E-state index is 14.5. The fraction of sp³-hybridized carbons (Fsp3) is 0.278. The highest BCUT2D eigenvalue weighted by atomic mass is 32.2. The zero-order valence-corrected chi connectivity index (χ0v) is 26.8. The van der Waals surface area contributed by atoms with Gasteiger partial charge in [-0.15, -0.1) is 0 Å². The number of aryl methyl sites for hydroxylation is 2. The van der Waals surface area contributed by atoms with Crippen molar-refractivity contribution in [2.75, 3.05) is 10.8 Å². The van der Waals surface area contributed by atoms with E-state index in [0.717, 1.165) is 27.8 Å². The minimum atomic E-state index is -4.14. The van der Waals surface area contributed by atoms with E-state index in [-0.39, 0.29) is 29.8 Å². The van der Waals surface area contributed by atoms with Crippen LogP contribution in [0.4, 0.5) is 5.69 Å². The third kappa shape index (κ3) is 7.94. The van der Waals surface area contributed by atoms with Gasteiger partial charge in [0.1, 0.15) is 12.6 Å². The van der Waals surface area contributed by atoms with Gasteiger partial charge < -0.3 is 10.2 Å². The zero-order valence-electron chi connectivity index (χ0n) is 26.0. The van der Waals surface area contributed by atoms with Crippen molar-refractivity contribution in [3.8, 4) is 0 Å². The summed E-state index contributed by atoms with van der Waals surface area (Å²) in [6.45, 7) is 9.14. The predicted molar refractivity (Wildman–Crippen MR) is 176 cm³/mol. The van der Waals surface area contributed by atoms with Gasteiger partial charge in [-0.1, -0.05) is 90.5 Å². The largest absolute Gasteiger partial charge is 0.352 e. The SMILES string of the molecule is Cc1ccc(CN(C(=O)CN(c2cccc(C)c2C)S(=O)(=O)c2ccccc2)[C@H](Cc2ccccc2)C(=O)NC(C)C)cc1. The first-order chi connectivity index (χ1) is 21.0. The molecular formula is C36H41N3O4S. The highest BCUT2D eigenvalue weighted by Gasteiger charge is 2.35. The molecule has 0 aliphatic rings. The molecule has 0 spiro atoms. The van der Waals surface area contributed by atoms with Gasteiger partial charge in [0.15, 0.2) is 0 Å². The number of nitrogens with one attached hydrogen (secondary N) is 1. The van der Waals surface area contributed by atoms with E-state index in [1.807, 2.05) is 95.3 Å². The van der Waals surface area contributed by atoms with Gasteiger partial charge in [-0.3, -0.25) is 13.9 Å². The van der Waals surface area contributed by atoms with Crippen molar-refractivity contribution in [2.24, 2.45) is 0 Å². The Morgan fingerprint density at radius 1 is 0.750 bits per heavy atom. The van der Waals surface area contributed by atoms with E-state index >= 15 is 0 Å². The van der Waals surface area contributed by atoms with Crippen molar-refractivity contribution < 1.29 is 18.0 Å². The molecule has 8 heteroatoms. The molecule has 0 saturated heterocycles. The Kier molecular flexibility index (Phi) is 10.6. The van der Waals surface area contributed by atoms with Gasteiger partial charge in [-0.2, -0.15) is 0 Å². The summed E-state index contributed by atoms with van der Waals surface area (Å²) in [5, 5.41) is 2.99. The summed E-state index contributed by atoms with van der Waals surface area (Å²) < 4.78 is 29.5. The molecule has 0 bridgehead atoms. The summed E-state index contributed by atoms with van der Waals surface area (Å²) in [6.07, 6.45) is 0.270. The molecule has 4 aromatic carbocycles. The molecule has 0 heterocycles. The topological polar surface area (TPSA) is 86.8 Å². The zero-order chi connectivity index (χ0) is 31.9. The first kappa shape index (κ1) is 32.5. The lowest BCUT2D eigenvalue weighted by molar-refractivity contribution is -0.140. The summed E-state index contributed by atoms with van der Waals surface area (Å²) >= 11 is 0. The van der Waals surface area contributed by atoms with Gasteiger partial charge in [-0.05, 0) is 75.1 Å². The third-order valence-electron chi connectivity index (χ3n) is 7.63. The second-order valence-corrected chi connectivity index (χ2v) is 13.3.